The van der Waals surface area contributed by atoms with Gasteiger partial charge in [-0.15, -0.1) is 0 Å². The van der Waals surface area contributed by atoms with Crippen molar-refractivity contribution in [1.29, 1.82) is 0 Å². The van der Waals surface area contributed by atoms with Crippen molar-refractivity contribution in [3.05, 3.63) is 0 Å². The molecule has 0 unspecified atom stereocenters. The van der Waals surface area contributed by atoms with Gasteiger partial charge in [-0.2, -0.15) is 0 Å². The third-order valence-corrected chi connectivity index (χ3v) is 10.7. The van der Waals surface area contributed by atoms with E-state index in [1.54, 1.807) is 0 Å². The number of rotatable bonds is 13. The van der Waals surface area contributed by atoms with Crippen molar-refractivity contribution in [2.24, 2.45) is 0 Å². The van der Waals surface area contributed by atoms with Crippen LogP contribution in [0.3, 0.4) is 0 Å². The van der Waals surface area contributed by atoms with Gasteiger partial charge in [-0.25, -0.2) is 0 Å². The lowest BCUT2D eigenvalue weighted by Crippen LogP contribution is -2.70. The highest BCUT2D eigenvalue weighted by atomic mass is 16.8. The molecule has 5 saturated heterocycles. The number of ether oxygens (including phenoxy) is 9. The Morgan fingerprint density at radius 1 is 0.448 bits per heavy atom. The lowest BCUT2D eigenvalue weighted by Gasteiger charge is -2.50. The molecule has 0 bridgehead atoms. The highest BCUT2D eigenvalue weighted by molar-refractivity contribution is 5.73. The summed E-state index contributed by atoms with van der Waals surface area (Å²) in [6.45, 7) is -1.34. The largest absolute Gasteiger partial charge is 0.394 e. The van der Waals surface area contributed by atoms with E-state index in [-0.39, 0.29) is 0 Å². The Morgan fingerprint density at radius 2 is 0.914 bits per heavy atom. The van der Waals surface area contributed by atoms with Crippen LogP contribution >= 0.6 is 0 Å². The molecule has 0 spiro atoms. The molecule has 5 heterocycles. The Balaban J connectivity index is 1.44. The van der Waals surface area contributed by atoms with Gasteiger partial charge in [0.15, 0.2) is 31.5 Å². The summed E-state index contributed by atoms with van der Waals surface area (Å²) in [5, 5.41) is 160. The average Bonchev–Trinajstić information content (AvgIpc) is 3.19. The van der Waals surface area contributed by atoms with Crippen molar-refractivity contribution in [2.45, 2.75) is 167 Å². The van der Waals surface area contributed by atoms with E-state index in [2.05, 4.69) is 5.32 Å². The van der Waals surface area contributed by atoms with Gasteiger partial charge in [0.1, 0.15) is 116 Å². The van der Waals surface area contributed by atoms with Crippen LogP contribution in [0.5, 0.6) is 0 Å². The lowest BCUT2D eigenvalue weighted by molar-refractivity contribution is -0.390. The van der Waals surface area contributed by atoms with Gasteiger partial charge < -0.3 is 125 Å². The lowest BCUT2D eigenvalue weighted by atomic mass is 9.94. The second kappa shape index (κ2) is 20.1. The van der Waals surface area contributed by atoms with Crippen LogP contribution in [0.25, 0.3) is 0 Å². The van der Waals surface area contributed by atoms with Gasteiger partial charge in [0.2, 0.25) is 5.91 Å². The first kappa shape index (κ1) is 47.6. The number of aliphatic hydroxyl groups excluding tert-OH is 15. The van der Waals surface area contributed by atoms with E-state index in [0.29, 0.717) is 0 Å². The van der Waals surface area contributed by atoms with Gasteiger partial charge in [-0.1, -0.05) is 0 Å². The Kier molecular flexibility index (Phi) is 16.5. The Labute approximate surface area is 329 Å². The molecule has 16 N–H and O–H groups in total. The maximum Gasteiger partial charge on any atom is 0.217 e. The fraction of sp³-hybridized carbons (Fsp3) is 0.969. The molecule has 26 heteroatoms. The van der Waals surface area contributed by atoms with Crippen molar-refractivity contribution in [3.63, 3.8) is 0 Å². The maximum atomic E-state index is 12.6. The van der Waals surface area contributed by atoms with Gasteiger partial charge in [0, 0.05) is 6.92 Å². The molecule has 0 aliphatic carbocycles. The van der Waals surface area contributed by atoms with Gasteiger partial charge >= 0.3 is 0 Å². The van der Waals surface area contributed by atoms with Gasteiger partial charge in [-0.3, -0.25) is 4.79 Å². The normalized spacial score (nSPS) is 51.6. The minimum Gasteiger partial charge on any atom is -0.394 e. The number of carbonyl (C=O) groups excluding carboxylic acids is 1. The third kappa shape index (κ3) is 9.75. The first-order valence-electron chi connectivity index (χ1n) is 18.5. The fourth-order valence-corrected chi connectivity index (χ4v) is 7.35. The van der Waals surface area contributed by atoms with Crippen molar-refractivity contribution < 1.29 is 124 Å². The van der Waals surface area contributed by atoms with Crippen molar-refractivity contribution in [1.82, 2.24) is 5.32 Å². The maximum absolute atomic E-state index is 12.6. The van der Waals surface area contributed by atoms with Crippen LogP contribution in [0.15, 0.2) is 0 Å². The number of carbonyl (C=O) groups is 1. The first-order chi connectivity index (χ1) is 27.4. The third-order valence-electron chi connectivity index (χ3n) is 10.7. The summed E-state index contributed by atoms with van der Waals surface area (Å²) >= 11 is 0. The SMILES string of the molecule is CC(=O)N[C@H]1[C@H](O[C@H]2[C@@H](O)[C@@H](CO)O[C@H](O[C@@H]3[C@H](O)[C@@H](O)[C@H](O)O[C@@H]3CO)[C@@H]2O)O[C@H](CO)[C@H](O)[C@@H]1O[C@@H]1O[C@H](CO)[C@H](O)[C@H](O)[C@H]1O[C@@H]1O[C@@H](C)[C@@H](O)[C@@H](O)[C@@H]1O. The zero-order chi connectivity index (χ0) is 42.9. The summed E-state index contributed by atoms with van der Waals surface area (Å²) in [4.78, 5) is 12.6. The molecule has 0 saturated carbocycles. The molecule has 5 fully saturated rings. The Hall–Kier alpha value is -1.49. The van der Waals surface area contributed by atoms with E-state index in [1.807, 2.05) is 0 Å². The molecule has 26 nitrogen and oxygen atoms in total. The highest BCUT2D eigenvalue weighted by Gasteiger charge is 2.57. The number of hydrogen-bond donors (Lipinski definition) is 16. The molecule has 1 amide bonds. The average molecular weight is 854 g/mol. The van der Waals surface area contributed by atoms with Crippen molar-refractivity contribution >= 4 is 5.91 Å². The van der Waals surface area contributed by atoms with Crippen LogP contribution in [0.2, 0.25) is 0 Å². The molecule has 5 aliphatic heterocycles. The zero-order valence-corrected chi connectivity index (χ0v) is 31.1. The summed E-state index contributed by atoms with van der Waals surface area (Å²) in [5.41, 5.74) is 0. The molecular weight excluding hydrogens is 798 g/mol. The molecule has 5 rings (SSSR count). The monoisotopic (exact) mass is 853 g/mol. The molecule has 0 radical (unpaired) electrons. The smallest absolute Gasteiger partial charge is 0.217 e. The molecule has 25 atom stereocenters. The molecule has 0 aromatic rings. The zero-order valence-electron chi connectivity index (χ0n) is 31.1. The van der Waals surface area contributed by atoms with Gasteiger partial charge in [-0.05, 0) is 6.92 Å². The molecule has 338 valence electrons. The Morgan fingerprint density at radius 3 is 1.50 bits per heavy atom. The number of hydrogen-bond acceptors (Lipinski definition) is 25. The minimum atomic E-state index is -2.10. The van der Waals surface area contributed by atoms with Crippen LogP contribution in [-0.4, -0.2) is 262 Å². The summed E-state index contributed by atoms with van der Waals surface area (Å²) in [7, 11) is 0. The van der Waals surface area contributed by atoms with Crippen LogP contribution < -0.4 is 5.32 Å². The molecule has 58 heavy (non-hydrogen) atoms. The van der Waals surface area contributed by atoms with E-state index in [4.69, 9.17) is 42.6 Å². The van der Waals surface area contributed by atoms with Crippen molar-refractivity contribution in [3.8, 4) is 0 Å². The molecule has 0 aromatic carbocycles. The van der Waals surface area contributed by atoms with Crippen LogP contribution in [-0.2, 0) is 47.4 Å². The molecule has 0 aromatic heterocycles. The van der Waals surface area contributed by atoms with Crippen molar-refractivity contribution in [2.75, 3.05) is 26.4 Å². The highest BCUT2D eigenvalue weighted by Crippen LogP contribution is 2.36. The van der Waals surface area contributed by atoms with Gasteiger partial charge in [0.05, 0.1) is 32.5 Å². The van der Waals surface area contributed by atoms with Crippen LogP contribution in [0.1, 0.15) is 13.8 Å². The predicted octanol–water partition coefficient (Wildman–Crippen LogP) is -10.8. The topological polar surface area (TPSA) is 416 Å². The summed E-state index contributed by atoms with van der Waals surface area (Å²) in [6.07, 6.45) is -43.4. The predicted molar refractivity (Wildman–Crippen MR) is 177 cm³/mol. The number of nitrogens with one attached hydrogen (secondary N) is 1. The number of aliphatic hydroxyl groups is 15. The van der Waals surface area contributed by atoms with Gasteiger partial charge in [0.25, 0.3) is 0 Å². The van der Waals surface area contributed by atoms with E-state index in [9.17, 15) is 81.4 Å². The first-order valence-corrected chi connectivity index (χ1v) is 18.5. The van der Waals surface area contributed by atoms with E-state index in [1.165, 1.54) is 6.92 Å². The van der Waals surface area contributed by atoms with E-state index in [0.717, 1.165) is 6.92 Å². The standard InChI is InChI=1S/C32H55NO25/c1-7-14(39)18(43)22(47)30(50-7)58-27-19(44)15(40)9(3-34)54-32(27)56-25-13(33-8(2)38)29(52-10(4-35)16(25)41)57-26-17(42)11(5-36)53-31(23(26)48)55-24-12(6-37)51-28(49)21(46)20(24)45/h7,9-32,34-37,39-49H,3-6H2,1-2H3,(H,33,38)/t7-,9+,10+,11+,12+,13+,14+,15-,16-,17-,18+,19-,20+,21+,22-,23+,24-,25+,26-,27+,28+,29-,30-,31+,32-/m0/s1. The minimum absolute atomic E-state index is 0.823. The second-order valence-electron chi connectivity index (χ2n) is 14.7. The molecule has 5 aliphatic rings. The number of amides is 1. The van der Waals surface area contributed by atoms with E-state index < -0.39 is 186 Å². The van der Waals surface area contributed by atoms with Crippen LogP contribution in [0, 0.1) is 0 Å². The van der Waals surface area contributed by atoms with E-state index >= 15 is 0 Å². The fourth-order valence-electron chi connectivity index (χ4n) is 7.35. The summed E-state index contributed by atoms with van der Waals surface area (Å²) in [5.74, 6) is -0.823. The summed E-state index contributed by atoms with van der Waals surface area (Å²) in [6, 6.07) is -1.72. The summed E-state index contributed by atoms with van der Waals surface area (Å²) < 4.78 is 50.8. The molecular formula is C32H55NO25. The second-order valence-corrected chi connectivity index (χ2v) is 14.7. The van der Waals surface area contributed by atoms with Crippen LogP contribution in [0.4, 0.5) is 0 Å². The Bertz CT molecular complexity index is 1310. The quantitative estimate of drug-likeness (QED) is 0.0818.